The summed E-state index contributed by atoms with van der Waals surface area (Å²) in [6, 6.07) is 0. The third-order valence-corrected chi connectivity index (χ3v) is 0. The summed E-state index contributed by atoms with van der Waals surface area (Å²) in [5.74, 6) is 0. The van der Waals surface area contributed by atoms with E-state index in [1.165, 1.54) is 0 Å². The van der Waals surface area contributed by atoms with Crippen molar-refractivity contribution in [2.24, 2.45) is 0 Å². The summed E-state index contributed by atoms with van der Waals surface area (Å²) in [5, 5.41) is 0. The van der Waals surface area contributed by atoms with E-state index < -0.39 is 0 Å². The van der Waals surface area contributed by atoms with Gasteiger partial charge in [-0.1, -0.05) is 0 Å². The Morgan fingerprint density at radius 1 is 0.300 bits per heavy atom. The van der Waals surface area contributed by atoms with Crippen LogP contribution in [0.3, 0.4) is 0 Å². The molecule has 0 fully saturated rings. The third kappa shape index (κ3) is 228. The molecule has 0 saturated carbocycles. The zero-order chi connectivity index (χ0) is 0. The van der Waals surface area contributed by atoms with Crippen molar-refractivity contribution >= 4 is 19.8 Å². The molecule has 10 heavy (non-hydrogen) atoms. The van der Waals surface area contributed by atoms with E-state index in [0.717, 1.165) is 0 Å². The molecule has 0 aromatic rings. The van der Waals surface area contributed by atoms with Crippen molar-refractivity contribution in [1.82, 2.24) is 36.9 Å². The molecular weight excluding hydrogens is 393 g/mol. The molecule has 0 heterocycles. The second-order valence-corrected chi connectivity index (χ2v) is 0. The summed E-state index contributed by atoms with van der Waals surface area (Å²) in [4.78, 5) is 0. The molecule has 0 aliphatic rings. The molecule has 0 radical (unpaired) electrons. The van der Waals surface area contributed by atoms with Crippen LogP contribution in [0.1, 0.15) is 0 Å². The summed E-state index contributed by atoms with van der Waals surface area (Å²) in [7, 11) is 0. The van der Waals surface area contributed by atoms with Crippen LogP contribution < -0.4 is 87.8 Å². The van der Waals surface area contributed by atoms with E-state index in [2.05, 4.69) is 0 Å². The Labute approximate surface area is 107 Å². The minimum Gasteiger partial charge on any atom is -1.00 e. The van der Waals surface area contributed by atoms with E-state index in [0.29, 0.717) is 0 Å². The van der Waals surface area contributed by atoms with E-state index >= 15 is 0 Å². The fraction of sp³-hybridized carbons (Fsp3) is 0. The van der Waals surface area contributed by atoms with Gasteiger partial charge < -0.3 is 87.8 Å². The fourth-order valence-electron chi connectivity index (χ4n) is 0. The maximum Gasteiger partial charge on any atom is 3.00 e. The van der Waals surface area contributed by atoms with Gasteiger partial charge in [-0.3, -0.25) is 0 Å². The van der Waals surface area contributed by atoms with Crippen LogP contribution in [-0.4, -0.2) is 19.8 Å². The second-order valence-electron chi connectivity index (χ2n) is 0. The van der Waals surface area contributed by atoms with E-state index in [-0.39, 0.29) is 108 Å². The molecule has 10 heteroatoms. The van der Waals surface area contributed by atoms with Crippen molar-refractivity contribution in [3.05, 3.63) is 0 Å². The average Bonchev–Trinajstić information content (AvgIpc) is 0. The van der Waals surface area contributed by atoms with Gasteiger partial charge in [0.1, 0.15) is 0 Å². The van der Waals surface area contributed by atoms with Crippen molar-refractivity contribution < 1.29 is 50.9 Å². The van der Waals surface area contributed by atoms with Crippen LogP contribution in [0.15, 0.2) is 0 Å². The van der Waals surface area contributed by atoms with E-state index in [9.17, 15) is 0 Å². The maximum absolute atomic E-state index is 0. The van der Waals surface area contributed by atoms with Crippen LogP contribution in [0.2, 0.25) is 0 Å². The van der Waals surface area contributed by atoms with Gasteiger partial charge in [0.05, 0.1) is 0 Å². The van der Waals surface area contributed by atoms with Gasteiger partial charge in [0, 0.05) is 0 Å². The molecule has 0 aliphatic carbocycles. The van der Waals surface area contributed by atoms with E-state index in [1.54, 1.807) is 0 Å². The molecule has 18 N–H and O–H groups in total. The molecule has 0 rings (SSSR count). The Balaban J connectivity index is 0. The Bertz CT molecular complexity index is 13.0. The Morgan fingerprint density at radius 2 is 0.300 bits per heavy atom. The largest absolute Gasteiger partial charge is 3.00 e. The molecule has 72 valence electrons. The quantitative estimate of drug-likeness (QED) is 0.213. The Kier molecular flexibility index (Phi) is 12800. The summed E-state index contributed by atoms with van der Waals surface area (Å²) in [6.45, 7) is 0. The first-order valence-electron chi connectivity index (χ1n) is 0. The van der Waals surface area contributed by atoms with Gasteiger partial charge >= 0.3 is 19.8 Å². The Morgan fingerprint density at radius 3 is 0.300 bits per heavy atom. The van der Waals surface area contributed by atoms with Crippen molar-refractivity contribution in [2.45, 2.75) is 0 Å². The predicted octanol–water partition coefficient (Wildman–Crippen LogP) is -8.40. The summed E-state index contributed by atoms with van der Waals surface area (Å²) in [6.07, 6.45) is 0. The average molecular weight is 412 g/mol. The van der Waals surface area contributed by atoms with Crippen molar-refractivity contribution in [2.75, 3.05) is 0 Å². The van der Waals surface area contributed by atoms with Crippen molar-refractivity contribution in [3.8, 4) is 0 Å². The zero-order valence-corrected chi connectivity index (χ0v) is 13.1. The first-order valence-corrected chi connectivity index (χ1v) is 0. The zero-order valence-electron chi connectivity index (χ0n) is 5.95. The van der Waals surface area contributed by atoms with Crippen LogP contribution in [0.5, 0.6) is 0 Å². The van der Waals surface area contributed by atoms with Crippen molar-refractivity contribution in [1.29, 1.82) is 0 Å². The van der Waals surface area contributed by atoms with Gasteiger partial charge in [-0.25, -0.2) is 0 Å². The molecule has 0 aromatic heterocycles. The molecule has 0 spiro atoms. The fourth-order valence-corrected chi connectivity index (χ4v) is 0. The summed E-state index contributed by atoms with van der Waals surface area (Å²) in [5.41, 5.74) is 0. The van der Waals surface area contributed by atoms with Gasteiger partial charge in [-0.2, -0.15) is 0 Å². The molecular formula is H18Br3GaN6. The van der Waals surface area contributed by atoms with Gasteiger partial charge in [0.15, 0.2) is 0 Å². The number of hydrogen-bond donors (Lipinski definition) is 6. The van der Waals surface area contributed by atoms with Gasteiger partial charge in [-0.05, 0) is 0 Å². The van der Waals surface area contributed by atoms with Crippen LogP contribution in [0.4, 0.5) is 0 Å². The predicted molar refractivity (Wildman–Crippen MR) is 35.9 cm³/mol. The van der Waals surface area contributed by atoms with Crippen molar-refractivity contribution in [3.63, 3.8) is 0 Å². The standard InChI is InChI=1S/3BrH.Ga.6H3N/h3*1H;;6*1H3/q;;;+3;;;;;;/p-3. The van der Waals surface area contributed by atoms with Gasteiger partial charge in [-0.15, -0.1) is 0 Å². The van der Waals surface area contributed by atoms with E-state index in [1.807, 2.05) is 0 Å². The van der Waals surface area contributed by atoms with Crippen LogP contribution in [-0.2, 0) is 0 Å². The number of hydrogen-bond acceptors (Lipinski definition) is 6. The smallest absolute Gasteiger partial charge is 1.00 e. The summed E-state index contributed by atoms with van der Waals surface area (Å²) < 4.78 is 0. The van der Waals surface area contributed by atoms with Gasteiger partial charge in [0.2, 0.25) is 0 Å². The van der Waals surface area contributed by atoms with E-state index in [4.69, 9.17) is 0 Å². The molecule has 6 nitrogen and oxygen atoms in total. The topological polar surface area (TPSA) is 210 Å². The monoisotopic (exact) mass is 408 g/mol. The minimum atomic E-state index is 0. The first-order chi connectivity index (χ1) is 0. The van der Waals surface area contributed by atoms with Crippen LogP contribution >= 0.6 is 0 Å². The first kappa shape index (κ1) is 412. The Hall–Kier alpha value is 1.84. The normalized spacial score (nSPS) is 0. The molecule has 0 atom stereocenters. The minimum absolute atomic E-state index is 0. The molecule has 0 unspecified atom stereocenters. The second kappa shape index (κ2) is 311. The molecule has 0 bridgehead atoms. The maximum atomic E-state index is 0. The third-order valence-electron chi connectivity index (χ3n) is 0. The van der Waals surface area contributed by atoms with Crippen LogP contribution in [0, 0.1) is 0 Å². The van der Waals surface area contributed by atoms with Crippen LogP contribution in [0.25, 0.3) is 0 Å². The molecule has 0 saturated heterocycles. The molecule has 0 aromatic carbocycles. The summed E-state index contributed by atoms with van der Waals surface area (Å²) >= 11 is 0. The molecule has 0 amide bonds. The molecule has 0 aliphatic heterocycles. The number of halogens is 3. The number of rotatable bonds is 0. The van der Waals surface area contributed by atoms with Gasteiger partial charge in [0.25, 0.3) is 0 Å². The SMILES string of the molecule is N.N.N.N.N.N.[Br-].[Br-].[Br-].[Ga+3].